The molecule has 3 rings (SSSR count). The minimum Gasteiger partial charge on any atom is -0.480 e. The Hall–Kier alpha value is -1.65. The van der Waals surface area contributed by atoms with E-state index in [0.29, 0.717) is 5.69 Å². The first kappa shape index (κ1) is 16.2. The summed E-state index contributed by atoms with van der Waals surface area (Å²) >= 11 is 2.56. The van der Waals surface area contributed by atoms with Crippen molar-refractivity contribution in [3.63, 3.8) is 0 Å². The lowest BCUT2D eigenvalue weighted by Gasteiger charge is -2.43. The number of amides is 2. The van der Waals surface area contributed by atoms with Gasteiger partial charge in [0.05, 0.1) is 5.69 Å². The summed E-state index contributed by atoms with van der Waals surface area (Å²) in [5.41, 5.74) is 6.27. The molecule has 0 aromatic carbocycles. The van der Waals surface area contributed by atoms with Gasteiger partial charge in [-0.25, -0.2) is 4.79 Å². The Morgan fingerprint density at radius 2 is 2.22 bits per heavy atom. The summed E-state index contributed by atoms with van der Waals surface area (Å²) in [4.78, 5) is 37.2. The highest BCUT2D eigenvalue weighted by atomic mass is 32.2. The van der Waals surface area contributed by atoms with Crippen LogP contribution < -0.4 is 11.1 Å². The third-order valence-corrected chi connectivity index (χ3v) is 6.18. The van der Waals surface area contributed by atoms with Crippen molar-refractivity contribution in [1.29, 1.82) is 0 Å². The number of aliphatic carboxylic acids is 1. The highest BCUT2D eigenvalue weighted by molar-refractivity contribution is 8.01. The lowest BCUT2D eigenvalue weighted by molar-refractivity contribution is -0.161. The molecule has 0 spiro atoms. The van der Waals surface area contributed by atoms with E-state index in [0.717, 1.165) is 0 Å². The topological polar surface area (TPSA) is 126 Å². The average Bonchev–Trinajstić information content (AvgIpc) is 3.08. The molecule has 0 aliphatic carbocycles. The van der Waals surface area contributed by atoms with Gasteiger partial charge in [-0.1, -0.05) is 0 Å². The molecule has 23 heavy (non-hydrogen) atoms. The Kier molecular flexibility index (Phi) is 3.85. The summed E-state index contributed by atoms with van der Waals surface area (Å²) in [5.74, 6) is -1.92. The average molecular weight is 356 g/mol. The van der Waals surface area contributed by atoms with Crippen LogP contribution in [0, 0.1) is 0 Å². The first-order valence-corrected chi connectivity index (χ1v) is 8.64. The molecule has 8 nitrogen and oxygen atoms in total. The molecule has 1 aromatic rings. The molecule has 2 aliphatic heterocycles. The summed E-state index contributed by atoms with van der Waals surface area (Å²) in [5, 5.41) is 13.3. The van der Waals surface area contributed by atoms with Gasteiger partial charge in [0.2, 0.25) is 11.8 Å². The van der Waals surface area contributed by atoms with Crippen LogP contribution in [0.15, 0.2) is 11.4 Å². The number of hydrogen-bond acceptors (Lipinski definition) is 7. The molecule has 3 heterocycles. The summed E-state index contributed by atoms with van der Waals surface area (Å²) in [6, 6.07) is -0.943. The van der Waals surface area contributed by atoms with Crippen molar-refractivity contribution in [3.05, 3.63) is 17.1 Å². The van der Waals surface area contributed by atoms with E-state index in [2.05, 4.69) is 9.69 Å². The maximum absolute atomic E-state index is 12.3. The number of thioether (sulfide) groups is 1. The van der Waals surface area contributed by atoms with Gasteiger partial charge in [0, 0.05) is 10.1 Å². The van der Waals surface area contributed by atoms with Crippen molar-refractivity contribution in [2.24, 2.45) is 5.73 Å². The van der Waals surface area contributed by atoms with Gasteiger partial charge in [-0.3, -0.25) is 9.59 Å². The standard InChI is InChI=1S/C13H16N4O4S2/c1-13(2)8(12(20)21)17-10(19)7(11(17)23-13)15-9(18)6(14)5-3-4-22-16-5/h3-4,6-8,11H,14H2,1-2H3,(H,15,18)(H,20,21)/t6?,7-,8+,11-/m1/s1. The van der Waals surface area contributed by atoms with Crippen LogP contribution in [0.3, 0.4) is 0 Å². The van der Waals surface area contributed by atoms with Crippen molar-refractivity contribution >= 4 is 41.1 Å². The number of carbonyl (C=O) groups excluding carboxylic acids is 2. The number of aromatic nitrogens is 1. The predicted octanol–water partition coefficient (Wildman–Crippen LogP) is -0.225. The number of nitrogens with one attached hydrogen (secondary N) is 1. The number of nitrogens with two attached hydrogens (primary N) is 1. The van der Waals surface area contributed by atoms with Crippen LogP contribution in [0.5, 0.6) is 0 Å². The molecule has 10 heteroatoms. The normalized spacial score (nSPS) is 29.6. The fourth-order valence-corrected chi connectivity index (χ4v) is 5.09. The van der Waals surface area contributed by atoms with Gasteiger partial charge in [-0.05, 0) is 31.4 Å². The number of nitrogens with zero attached hydrogens (tertiary/aromatic N) is 2. The lowest BCUT2D eigenvalue weighted by Crippen LogP contribution is -2.71. The zero-order valence-electron chi connectivity index (χ0n) is 12.4. The highest BCUT2D eigenvalue weighted by Crippen LogP contribution is 2.50. The Balaban J connectivity index is 1.71. The van der Waals surface area contributed by atoms with E-state index in [9.17, 15) is 19.5 Å². The molecule has 1 aromatic heterocycles. The molecule has 2 amide bonds. The molecular formula is C13H16N4O4S2. The van der Waals surface area contributed by atoms with E-state index in [1.165, 1.54) is 28.2 Å². The van der Waals surface area contributed by atoms with Gasteiger partial charge in [-0.15, -0.1) is 11.8 Å². The van der Waals surface area contributed by atoms with E-state index in [4.69, 9.17) is 5.73 Å². The number of fused-ring (bicyclic) bond motifs is 1. The minimum absolute atomic E-state index is 0.384. The SMILES string of the molecule is CC1(C)S[C@@H]2[C@H](NC(=O)C(N)c3ccsn3)C(=O)N2[C@H]1C(=O)O. The third-order valence-electron chi connectivity index (χ3n) is 4.03. The molecule has 2 saturated heterocycles. The van der Waals surface area contributed by atoms with E-state index in [1.54, 1.807) is 25.3 Å². The molecule has 2 fully saturated rings. The number of rotatable bonds is 4. The summed E-state index contributed by atoms with van der Waals surface area (Å²) < 4.78 is 3.39. The van der Waals surface area contributed by atoms with Gasteiger partial charge < -0.3 is 21.1 Å². The van der Waals surface area contributed by atoms with E-state index in [1.807, 2.05) is 0 Å². The number of carbonyl (C=O) groups is 3. The van der Waals surface area contributed by atoms with Crippen LogP contribution in [0.2, 0.25) is 0 Å². The molecule has 4 atom stereocenters. The van der Waals surface area contributed by atoms with Gasteiger partial charge in [0.25, 0.3) is 0 Å². The fourth-order valence-electron chi connectivity index (χ4n) is 2.91. The maximum Gasteiger partial charge on any atom is 0.327 e. The Labute approximate surface area is 140 Å². The quantitative estimate of drug-likeness (QED) is 0.637. The molecule has 124 valence electrons. The van der Waals surface area contributed by atoms with Crippen LogP contribution in [-0.4, -0.2) is 54.4 Å². The van der Waals surface area contributed by atoms with Gasteiger partial charge in [0.1, 0.15) is 23.5 Å². The Bertz CT molecular complexity index is 663. The van der Waals surface area contributed by atoms with E-state index < -0.39 is 34.7 Å². The highest BCUT2D eigenvalue weighted by Gasteiger charge is 2.64. The van der Waals surface area contributed by atoms with Crippen LogP contribution in [0.25, 0.3) is 0 Å². The van der Waals surface area contributed by atoms with Crippen molar-refractivity contribution in [3.8, 4) is 0 Å². The number of carboxylic acid groups (broad SMARTS) is 1. The Morgan fingerprint density at radius 3 is 2.78 bits per heavy atom. The van der Waals surface area contributed by atoms with Gasteiger partial charge in [0.15, 0.2) is 0 Å². The second-order valence-corrected chi connectivity index (χ2v) is 8.42. The summed E-state index contributed by atoms with van der Waals surface area (Å²) in [7, 11) is 0. The molecule has 1 unspecified atom stereocenters. The minimum atomic E-state index is -1.04. The van der Waals surface area contributed by atoms with Gasteiger partial charge >= 0.3 is 5.97 Å². The molecule has 2 aliphatic rings. The van der Waals surface area contributed by atoms with Crippen LogP contribution in [0.1, 0.15) is 25.6 Å². The lowest BCUT2D eigenvalue weighted by atomic mass is 9.96. The van der Waals surface area contributed by atoms with Crippen molar-refractivity contribution < 1.29 is 19.5 Å². The number of hydrogen-bond donors (Lipinski definition) is 3. The first-order chi connectivity index (χ1) is 10.7. The summed E-state index contributed by atoms with van der Waals surface area (Å²) in [6.07, 6.45) is 0. The van der Waals surface area contributed by atoms with Crippen LogP contribution in [0.4, 0.5) is 0 Å². The molecule has 0 radical (unpaired) electrons. The maximum atomic E-state index is 12.3. The Morgan fingerprint density at radius 1 is 1.52 bits per heavy atom. The fraction of sp³-hybridized carbons (Fsp3) is 0.538. The van der Waals surface area contributed by atoms with Crippen LogP contribution in [-0.2, 0) is 14.4 Å². The van der Waals surface area contributed by atoms with Gasteiger partial charge in [-0.2, -0.15) is 4.37 Å². The monoisotopic (exact) mass is 356 g/mol. The first-order valence-electron chi connectivity index (χ1n) is 6.93. The molecule has 0 saturated carbocycles. The van der Waals surface area contributed by atoms with E-state index >= 15 is 0 Å². The third kappa shape index (κ3) is 2.50. The number of β-lactam (4-membered cyclic amide) rings is 1. The van der Waals surface area contributed by atoms with Crippen LogP contribution >= 0.6 is 23.3 Å². The summed E-state index contributed by atoms with van der Waals surface area (Å²) in [6.45, 7) is 3.56. The zero-order chi connectivity index (χ0) is 16.9. The predicted molar refractivity (Wildman–Crippen MR) is 84.7 cm³/mol. The number of carboxylic acids is 1. The second-order valence-electron chi connectivity index (χ2n) is 5.99. The second kappa shape index (κ2) is 5.46. The van der Waals surface area contributed by atoms with Crippen molar-refractivity contribution in [1.82, 2.24) is 14.6 Å². The van der Waals surface area contributed by atoms with Crippen molar-refractivity contribution in [2.75, 3.05) is 0 Å². The zero-order valence-corrected chi connectivity index (χ0v) is 14.1. The largest absolute Gasteiger partial charge is 0.480 e. The van der Waals surface area contributed by atoms with E-state index in [-0.39, 0.29) is 11.3 Å². The smallest absolute Gasteiger partial charge is 0.327 e. The molecular weight excluding hydrogens is 340 g/mol. The molecule has 4 N–H and O–H groups in total. The van der Waals surface area contributed by atoms with Crippen molar-refractivity contribution in [2.45, 2.75) is 42.1 Å². The molecule has 0 bridgehead atoms.